The number of aryl methyl sites for hydroxylation is 2. The fourth-order valence-electron chi connectivity index (χ4n) is 2.37. The summed E-state index contributed by atoms with van der Waals surface area (Å²) in [5, 5.41) is 2.98. The van der Waals surface area contributed by atoms with Gasteiger partial charge in [0, 0.05) is 49.8 Å². The number of anilines is 2. The van der Waals surface area contributed by atoms with E-state index in [-0.39, 0.29) is 5.91 Å². The van der Waals surface area contributed by atoms with E-state index < -0.39 is 0 Å². The molecule has 23 heavy (non-hydrogen) atoms. The topological polar surface area (TPSA) is 50.2 Å². The predicted octanol–water partition coefficient (Wildman–Crippen LogP) is 3.46. The molecule has 0 aliphatic carbocycles. The highest BCUT2D eigenvalue weighted by molar-refractivity contribution is 5.91. The molecule has 1 aromatic carbocycles. The summed E-state index contributed by atoms with van der Waals surface area (Å²) < 4.78 is 2.06. The molecule has 1 aromatic heterocycles. The summed E-state index contributed by atoms with van der Waals surface area (Å²) in [5.41, 5.74) is 1.95. The van der Waals surface area contributed by atoms with Crippen molar-refractivity contribution in [3.8, 4) is 0 Å². The second-order valence-electron chi connectivity index (χ2n) is 6.07. The zero-order valence-corrected chi connectivity index (χ0v) is 14.4. The number of hydrogen-bond donors (Lipinski definition) is 1. The van der Waals surface area contributed by atoms with Gasteiger partial charge in [-0.05, 0) is 45.4 Å². The third-order valence-electron chi connectivity index (χ3n) is 4.04. The standard InChI is InChI=1S/C18H26N4O/c1-14(2)21(4)17-8-5-7-16(13-17)20-18(23)9-6-11-22-12-10-19-15(22)3/h5,7-8,10,12-14H,6,9,11H2,1-4H3,(H,20,23). The molecule has 0 unspecified atom stereocenters. The van der Waals surface area contributed by atoms with Crippen LogP contribution in [-0.4, -0.2) is 28.5 Å². The first-order valence-electron chi connectivity index (χ1n) is 8.08. The quantitative estimate of drug-likeness (QED) is 0.851. The van der Waals surface area contributed by atoms with Crippen LogP contribution in [0.2, 0.25) is 0 Å². The molecule has 0 saturated heterocycles. The van der Waals surface area contributed by atoms with E-state index in [4.69, 9.17) is 0 Å². The van der Waals surface area contributed by atoms with Crippen molar-refractivity contribution in [3.63, 3.8) is 0 Å². The van der Waals surface area contributed by atoms with Crippen LogP contribution in [0.5, 0.6) is 0 Å². The predicted molar refractivity (Wildman–Crippen MR) is 94.8 cm³/mol. The van der Waals surface area contributed by atoms with Gasteiger partial charge >= 0.3 is 0 Å². The van der Waals surface area contributed by atoms with Gasteiger partial charge in [0.25, 0.3) is 0 Å². The Labute approximate surface area is 138 Å². The monoisotopic (exact) mass is 314 g/mol. The van der Waals surface area contributed by atoms with Gasteiger partial charge in [-0.1, -0.05) is 6.07 Å². The summed E-state index contributed by atoms with van der Waals surface area (Å²) in [6.07, 6.45) is 5.03. The summed E-state index contributed by atoms with van der Waals surface area (Å²) >= 11 is 0. The summed E-state index contributed by atoms with van der Waals surface area (Å²) in [6, 6.07) is 8.38. The molecule has 124 valence electrons. The van der Waals surface area contributed by atoms with Crippen molar-refractivity contribution in [1.82, 2.24) is 9.55 Å². The second kappa shape index (κ2) is 7.81. The van der Waals surface area contributed by atoms with Crippen LogP contribution in [0.3, 0.4) is 0 Å². The first-order valence-corrected chi connectivity index (χ1v) is 8.08. The minimum Gasteiger partial charge on any atom is -0.372 e. The van der Waals surface area contributed by atoms with Crippen LogP contribution >= 0.6 is 0 Å². The van der Waals surface area contributed by atoms with Crippen molar-refractivity contribution < 1.29 is 4.79 Å². The molecule has 5 heteroatoms. The molecule has 1 amide bonds. The molecule has 0 aliphatic heterocycles. The molecule has 0 bridgehead atoms. The van der Waals surface area contributed by atoms with Gasteiger partial charge in [-0.25, -0.2) is 4.98 Å². The fraction of sp³-hybridized carbons (Fsp3) is 0.444. The van der Waals surface area contributed by atoms with E-state index in [0.717, 1.165) is 30.2 Å². The SMILES string of the molecule is Cc1nccn1CCCC(=O)Nc1cccc(N(C)C(C)C)c1. The van der Waals surface area contributed by atoms with E-state index >= 15 is 0 Å². The van der Waals surface area contributed by atoms with Gasteiger partial charge in [0.2, 0.25) is 5.91 Å². The van der Waals surface area contributed by atoms with Crippen molar-refractivity contribution in [3.05, 3.63) is 42.5 Å². The minimum absolute atomic E-state index is 0.0483. The summed E-state index contributed by atoms with van der Waals surface area (Å²) in [5.74, 6) is 1.03. The van der Waals surface area contributed by atoms with E-state index in [1.807, 2.05) is 31.3 Å². The zero-order valence-electron chi connectivity index (χ0n) is 14.4. The molecule has 2 rings (SSSR count). The average molecular weight is 314 g/mol. The summed E-state index contributed by atoms with van der Waals surface area (Å²) in [7, 11) is 2.05. The first kappa shape index (κ1) is 17.1. The Hall–Kier alpha value is -2.30. The highest BCUT2D eigenvalue weighted by atomic mass is 16.1. The maximum atomic E-state index is 12.1. The molecule has 5 nitrogen and oxygen atoms in total. The normalized spacial score (nSPS) is 10.8. The average Bonchev–Trinajstić information content (AvgIpc) is 2.92. The Bertz CT molecular complexity index is 648. The van der Waals surface area contributed by atoms with Gasteiger partial charge < -0.3 is 14.8 Å². The molecule has 1 heterocycles. The zero-order chi connectivity index (χ0) is 16.8. The van der Waals surface area contributed by atoms with Crippen LogP contribution < -0.4 is 10.2 Å². The number of imidazole rings is 1. The molecule has 1 N–H and O–H groups in total. The third kappa shape index (κ3) is 4.84. The van der Waals surface area contributed by atoms with E-state index in [1.54, 1.807) is 6.20 Å². The number of hydrogen-bond acceptors (Lipinski definition) is 3. The fourth-order valence-corrected chi connectivity index (χ4v) is 2.37. The summed E-state index contributed by atoms with van der Waals surface area (Å²) in [6.45, 7) is 7.07. The molecule has 0 fully saturated rings. The van der Waals surface area contributed by atoms with Crippen molar-refractivity contribution in [2.75, 3.05) is 17.3 Å². The lowest BCUT2D eigenvalue weighted by Crippen LogP contribution is -2.25. The lowest BCUT2D eigenvalue weighted by molar-refractivity contribution is -0.116. The van der Waals surface area contributed by atoms with Gasteiger partial charge in [-0.15, -0.1) is 0 Å². The number of carbonyl (C=O) groups excluding carboxylic acids is 1. The molecule has 2 aromatic rings. The number of carbonyl (C=O) groups is 1. The maximum Gasteiger partial charge on any atom is 0.224 e. The summed E-state index contributed by atoms with van der Waals surface area (Å²) in [4.78, 5) is 18.4. The molecule has 0 atom stereocenters. The first-order chi connectivity index (χ1) is 11.0. The smallest absolute Gasteiger partial charge is 0.224 e. The van der Waals surface area contributed by atoms with Gasteiger partial charge in [-0.3, -0.25) is 4.79 Å². The van der Waals surface area contributed by atoms with Gasteiger partial charge in [0.15, 0.2) is 0 Å². The van der Waals surface area contributed by atoms with Crippen molar-refractivity contribution in [1.29, 1.82) is 0 Å². The number of aromatic nitrogens is 2. The van der Waals surface area contributed by atoms with E-state index in [1.165, 1.54) is 0 Å². The minimum atomic E-state index is 0.0483. The van der Waals surface area contributed by atoms with Crippen LogP contribution in [0.1, 0.15) is 32.5 Å². The highest BCUT2D eigenvalue weighted by Crippen LogP contribution is 2.20. The number of nitrogens with zero attached hydrogens (tertiary/aromatic N) is 3. The van der Waals surface area contributed by atoms with Crippen molar-refractivity contribution in [2.45, 2.75) is 46.2 Å². The molecule has 0 radical (unpaired) electrons. The van der Waals surface area contributed by atoms with E-state index in [0.29, 0.717) is 12.5 Å². The Morgan fingerprint density at radius 1 is 1.39 bits per heavy atom. The lowest BCUT2D eigenvalue weighted by Gasteiger charge is -2.24. The Morgan fingerprint density at radius 3 is 2.83 bits per heavy atom. The van der Waals surface area contributed by atoms with Crippen molar-refractivity contribution >= 4 is 17.3 Å². The number of amides is 1. The molecular formula is C18H26N4O. The number of nitrogens with one attached hydrogen (secondary N) is 1. The molecular weight excluding hydrogens is 288 g/mol. The van der Waals surface area contributed by atoms with Gasteiger partial charge in [-0.2, -0.15) is 0 Å². The molecule has 0 spiro atoms. The van der Waals surface area contributed by atoms with Crippen molar-refractivity contribution in [2.24, 2.45) is 0 Å². The largest absolute Gasteiger partial charge is 0.372 e. The van der Waals surface area contributed by atoms with Crippen LogP contribution in [0.15, 0.2) is 36.7 Å². The van der Waals surface area contributed by atoms with Crippen LogP contribution in [0.4, 0.5) is 11.4 Å². The van der Waals surface area contributed by atoms with Gasteiger partial charge in [0.1, 0.15) is 5.82 Å². The maximum absolute atomic E-state index is 12.1. The van der Waals surface area contributed by atoms with Crippen LogP contribution in [-0.2, 0) is 11.3 Å². The van der Waals surface area contributed by atoms with E-state index in [2.05, 4.69) is 46.7 Å². The molecule has 0 aliphatic rings. The van der Waals surface area contributed by atoms with Gasteiger partial charge in [0.05, 0.1) is 0 Å². The number of rotatable bonds is 7. The van der Waals surface area contributed by atoms with Crippen LogP contribution in [0.25, 0.3) is 0 Å². The second-order valence-corrected chi connectivity index (χ2v) is 6.07. The lowest BCUT2D eigenvalue weighted by atomic mass is 10.2. The Morgan fingerprint density at radius 2 is 2.17 bits per heavy atom. The molecule has 0 saturated carbocycles. The highest BCUT2D eigenvalue weighted by Gasteiger charge is 2.07. The number of benzene rings is 1. The Kier molecular flexibility index (Phi) is 5.79. The third-order valence-corrected chi connectivity index (χ3v) is 4.04. The Balaban J connectivity index is 1.85. The van der Waals surface area contributed by atoms with E-state index in [9.17, 15) is 4.79 Å². The van der Waals surface area contributed by atoms with Crippen LogP contribution in [0, 0.1) is 6.92 Å².